The van der Waals surface area contributed by atoms with Crippen LogP contribution in [0.4, 0.5) is 0 Å². The van der Waals surface area contributed by atoms with Gasteiger partial charge in [-0.25, -0.2) is 0 Å². The lowest BCUT2D eigenvalue weighted by Crippen LogP contribution is -2.46. The topological polar surface area (TPSA) is 21.7 Å². The van der Waals surface area contributed by atoms with Gasteiger partial charge < -0.3 is 9.47 Å². The van der Waals surface area contributed by atoms with Crippen molar-refractivity contribution in [3.05, 3.63) is 0 Å². The maximum Gasteiger partial charge on any atom is 0.0678 e. The lowest BCUT2D eigenvalue weighted by molar-refractivity contribution is -0.0717. The third-order valence-corrected chi connectivity index (χ3v) is 2.11. The van der Waals surface area contributed by atoms with Crippen molar-refractivity contribution in [2.45, 2.75) is 26.1 Å². The number of ether oxygens (including phenoxy) is 2. The second-order valence-electron chi connectivity index (χ2n) is 3.51. The van der Waals surface area contributed by atoms with Crippen LogP contribution in [0.25, 0.3) is 0 Å². The van der Waals surface area contributed by atoms with E-state index in [-0.39, 0.29) is 0 Å². The van der Waals surface area contributed by atoms with Crippen LogP contribution in [0.1, 0.15) is 13.8 Å². The summed E-state index contributed by atoms with van der Waals surface area (Å²) in [5.41, 5.74) is 0. The van der Waals surface area contributed by atoms with E-state index >= 15 is 0 Å². The van der Waals surface area contributed by atoms with Gasteiger partial charge in [0.2, 0.25) is 0 Å². The third kappa shape index (κ3) is 3.09. The van der Waals surface area contributed by atoms with Crippen molar-refractivity contribution in [2.75, 3.05) is 33.4 Å². The fourth-order valence-corrected chi connectivity index (χ4v) is 1.69. The van der Waals surface area contributed by atoms with Gasteiger partial charge in [0.15, 0.2) is 0 Å². The molecule has 0 aromatic rings. The summed E-state index contributed by atoms with van der Waals surface area (Å²) in [5, 5.41) is 0. The van der Waals surface area contributed by atoms with Crippen molar-refractivity contribution in [3.63, 3.8) is 0 Å². The maximum atomic E-state index is 5.61. The first kappa shape index (κ1) is 9.96. The first-order valence-corrected chi connectivity index (χ1v) is 4.59. The highest BCUT2D eigenvalue weighted by Gasteiger charge is 2.21. The van der Waals surface area contributed by atoms with Crippen LogP contribution in [0.15, 0.2) is 0 Å². The van der Waals surface area contributed by atoms with E-state index in [9.17, 15) is 0 Å². The molecule has 12 heavy (non-hydrogen) atoms. The standard InChI is InChI=1S/C9H19NO2/c1-8-6-10(4-5-11-3)7-9(2)12-8/h8-9H,4-7H2,1-3H3/t8-,9+. The van der Waals surface area contributed by atoms with Gasteiger partial charge >= 0.3 is 0 Å². The largest absolute Gasteiger partial charge is 0.383 e. The second kappa shape index (κ2) is 4.80. The van der Waals surface area contributed by atoms with Crippen LogP contribution in [-0.2, 0) is 9.47 Å². The molecule has 3 nitrogen and oxygen atoms in total. The molecule has 1 saturated heterocycles. The van der Waals surface area contributed by atoms with Crippen LogP contribution < -0.4 is 0 Å². The summed E-state index contributed by atoms with van der Waals surface area (Å²) in [6, 6.07) is 0. The minimum atomic E-state index is 0.366. The van der Waals surface area contributed by atoms with Gasteiger partial charge in [-0.2, -0.15) is 0 Å². The van der Waals surface area contributed by atoms with E-state index in [0.29, 0.717) is 12.2 Å². The molecule has 0 N–H and O–H groups in total. The molecule has 0 saturated carbocycles. The van der Waals surface area contributed by atoms with Crippen molar-refractivity contribution in [2.24, 2.45) is 0 Å². The molecule has 0 aromatic heterocycles. The molecule has 1 aliphatic rings. The number of methoxy groups -OCH3 is 1. The van der Waals surface area contributed by atoms with Gasteiger partial charge in [-0.3, -0.25) is 4.90 Å². The van der Waals surface area contributed by atoms with Crippen LogP contribution >= 0.6 is 0 Å². The molecule has 1 fully saturated rings. The predicted molar refractivity (Wildman–Crippen MR) is 48.3 cm³/mol. The molecular weight excluding hydrogens is 154 g/mol. The average Bonchev–Trinajstić information content (AvgIpc) is 1.99. The first-order valence-electron chi connectivity index (χ1n) is 4.59. The highest BCUT2D eigenvalue weighted by molar-refractivity contribution is 4.72. The van der Waals surface area contributed by atoms with Gasteiger partial charge in [0.1, 0.15) is 0 Å². The van der Waals surface area contributed by atoms with Crippen LogP contribution in [0.3, 0.4) is 0 Å². The van der Waals surface area contributed by atoms with E-state index in [1.807, 2.05) is 0 Å². The summed E-state index contributed by atoms with van der Waals surface area (Å²) < 4.78 is 10.6. The quantitative estimate of drug-likeness (QED) is 0.628. The third-order valence-electron chi connectivity index (χ3n) is 2.11. The van der Waals surface area contributed by atoms with Crippen molar-refractivity contribution in [1.82, 2.24) is 4.90 Å². The zero-order valence-corrected chi connectivity index (χ0v) is 8.25. The molecule has 0 aliphatic carbocycles. The molecule has 0 amide bonds. The van der Waals surface area contributed by atoms with Gasteiger partial charge in [-0.1, -0.05) is 0 Å². The number of nitrogens with zero attached hydrogens (tertiary/aromatic N) is 1. The molecule has 1 heterocycles. The zero-order chi connectivity index (χ0) is 8.97. The molecule has 72 valence electrons. The zero-order valence-electron chi connectivity index (χ0n) is 8.25. The highest BCUT2D eigenvalue weighted by atomic mass is 16.5. The van der Waals surface area contributed by atoms with Crippen molar-refractivity contribution in [1.29, 1.82) is 0 Å². The smallest absolute Gasteiger partial charge is 0.0678 e. The molecule has 1 aliphatic heterocycles. The Labute approximate surface area is 74.6 Å². The van der Waals surface area contributed by atoms with Gasteiger partial charge in [-0.15, -0.1) is 0 Å². The van der Waals surface area contributed by atoms with Crippen molar-refractivity contribution >= 4 is 0 Å². The molecular formula is C9H19NO2. The fraction of sp³-hybridized carbons (Fsp3) is 1.00. The van der Waals surface area contributed by atoms with E-state index < -0.39 is 0 Å². The molecule has 0 radical (unpaired) electrons. The summed E-state index contributed by atoms with van der Waals surface area (Å²) in [4.78, 5) is 2.39. The normalized spacial score (nSPS) is 32.2. The van der Waals surface area contributed by atoms with E-state index in [2.05, 4.69) is 18.7 Å². The molecule has 0 aromatic carbocycles. The Morgan fingerprint density at radius 3 is 2.42 bits per heavy atom. The number of rotatable bonds is 3. The van der Waals surface area contributed by atoms with E-state index in [1.54, 1.807) is 7.11 Å². The molecule has 0 bridgehead atoms. The Hall–Kier alpha value is -0.120. The van der Waals surface area contributed by atoms with E-state index in [4.69, 9.17) is 9.47 Å². The van der Waals surface area contributed by atoms with E-state index in [1.165, 1.54) is 0 Å². The first-order chi connectivity index (χ1) is 5.72. The number of morpholine rings is 1. The fourth-order valence-electron chi connectivity index (χ4n) is 1.69. The molecule has 2 atom stereocenters. The number of hydrogen-bond donors (Lipinski definition) is 0. The van der Waals surface area contributed by atoms with Crippen molar-refractivity contribution in [3.8, 4) is 0 Å². The minimum absolute atomic E-state index is 0.366. The van der Waals surface area contributed by atoms with Gasteiger partial charge in [0.25, 0.3) is 0 Å². The van der Waals surface area contributed by atoms with Crippen LogP contribution in [-0.4, -0.2) is 50.5 Å². The lowest BCUT2D eigenvalue weighted by atomic mass is 10.2. The van der Waals surface area contributed by atoms with Gasteiger partial charge in [0, 0.05) is 26.7 Å². The van der Waals surface area contributed by atoms with Crippen LogP contribution in [0.2, 0.25) is 0 Å². The Morgan fingerprint density at radius 1 is 1.33 bits per heavy atom. The SMILES string of the molecule is COCCN1C[C@@H](C)O[C@@H](C)C1. The summed E-state index contributed by atoms with van der Waals surface area (Å²) in [6.45, 7) is 8.15. The Bertz CT molecular complexity index is 120. The molecule has 3 heteroatoms. The Balaban J connectivity index is 2.24. The molecule has 0 unspecified atom stereocenters. The van der Waals surface area contributed by atoms with Gasteiger partial charge in [0.05, 0.1) is 18.8 Å². The minimum Gasteiger partial charge on any atom is -0.383 e. The van der Waals surface area contributed by atoms with Crippen LogP contribution in [0, 0.1) is 0 Å². The lowest BCUT2D eigenvalue weighted by Gasteiger charge is -2.35. The summed E-state index contributed by atoms with van der Waals surface area (Å²) in [5.74, 6) is 0. The van der Waals surface area contributed by atoms with E-state index in [0.717, 1.165) is 26.2 Å². The summed E-state index contributed by atoms with van der Waals surface area (Å²) in [6.07, 6.45) is 0.733. The van der Waals surface area contributed by atoms with Gasteiger partial charge in [-0.05, 0) is 13.8 Å². The Kier molecular flexibility index (Phi) is 3.98. The highest BCUT2D eigenvalue weighted by Crippen LogP contribution is 2.09. The summed E-state index contributed by atoms with van der Waals surface area (Å²) in [7, 11) is 1.74. The maximum absolute atomic E-state index is 5.61. The average molecular weight is 173 g/mol. The second-order valence-corrected chi connectivity index (χ2v) is 3.51. The monoisotopic (exact) mass is 173 g/mol. The predicted octanol–water partition coefficient (Wildman–Crippen LogP) is 0.742. The number of hydrogen-bond acceptors (Lipinski definition) is 3. The Morgan fingerprint density at radius 2 is 1.92 bits per heavy atom. The summed E-state index contributed by atoms with van der Waals surface area (Å²) >= 11 is 0. The molecule has 1 rings (SSSR count). The van der Waals surface area contributed by atoms with Crippen LogP contribution in [0.5, 0.6) is 0 Å². The van der Waals surface area contributed by atoms with Crippen molar-refractivity contribution < 1.29 is 9.47 Å². The molecule has 0 spiro atoms.